The number of carbonyl (C=O) groups is 2. The maximum atomic E-state index is 11.8. The summed E-state index contributed by atoms with van der Waals surface area (Å²) in [7, 11) is 0. The van der Waals surface area contributed by atoms with Gasteiger partial charge in [-0.3, -0.25) is 0 Å². The van der Waals surface area contributed by atoms with Gasteiger partial charge in [-0.05, 0) is 0 Å². The zero-order chi connectivity index (χ0) is 13.1. The highest BCUT2D eigenvalue weighted by Crippen LogP contribution is 2.18. The summed E-state index contributed by atoms with van der Waals surface area (Å²) in [5, 5.41) is 24.5. The topological polar surface area (TPSA) is 116 Å². The monoisotopic (exact) mass is 255 g/mol. The lowest BCUT2D eigenvalue weighted by Crippen LogP contribution is -2.46. The number of carbonyl (C=O) groups excluding carboxylic acids is 1. The summed E-state index contributed by atoms with van der Waals surface area (Å²) in [5.74, 6) is -1.12. The Balaban J connectivity index is 1.93. The number of hydrogen-bond acceptors (Lipinski definition) is 5. The Kier molecular flexibility index (Phi) is 3.47. The molecule has 0 bridgehead atoms. The summed E-state index contributed by atoms with van der Waals surface area (Å²) in [6.45, 7) is 0.163. The van der Waals surface area contributed by atoms with Gasteiger partial charge in [-0.2, -0.15) is 0 Å². The minimum Gasteiger partial charge on any atom is -0.480 e. The third-order valence-corrected chi connectivity index (χ3v) is 2.74. The summed E-state index contributed by atoms with van der Waals surface area (Å²) in [6.07, 6.45) is 0.623. The van der Waals surface area contributed by atoms with Crippen molar-refractivity contribution in [2.45, 2.75) is 25.1 Å². The van der Waals surface area contributed by atoms with E-state index in [0.717, 1.165) is 4.90 Å². The smallest absolute Gasteiger partial charge is 0.326 e. The van der Waals surface area contributed by atoms with Crippen LogP contribution < -0.4 is 5.32 Å². The number of likely N-dealkylation sites (tertiary alicyclic amines) is 1. The average molecular weight is 255 g/mol. The molecule has 18 heavy (non-hydrogen) atoms. The summed E-state index contributed by atoms with van der Waals surface area (Å²) >= 11 is 0. The third kappa shape index (κ3) is 2.59. The van der Waals surface area contributed by atoms with Gasteiger partial charge in [-0.1, -0.05) is 5.16 Å². The fraction of sp³-hybridized carbons (Fsp3) is 0.500. The number of nitrogens with zero attached hydrogens (tertiary/aromatic N) is 2. The van der Waals surface area contributed by atoms with Gasteiger partial charge in [0.1, 0.15) is 18.0 Å². The number of rotatable bonds is 3. The molecular formula is C10H13N3O5. The van der Waals surface area contributed by atoms with Crippen molar-refractivity contribution in [2.75, 3.05) is 6.54 Å². The van der Waals surface area contributed by atoms with Crippen molar-refractivity contribution in [3.63, 3.8) is 0 Å². The van der Waals surface area contributed by atoms with E-state index >= 15 is 0 Å². The molecule has 0 radical (unpaired) electrons. The van der Waals surface area contributed by atoms with Crippen LogP contribution in [0, 0.1) is 0 Å². The maximum Gasteiger partial charge on any atom is 0.326 e. The Morgan fingerprint density at radius 3 is 3.00 bits per heavy atom. The van der Waals surface area contributed by atoms with E-state index in [1.165, 1.54) is 6.26 Å². The van der Waals surface area contributed by atoms with Crippen LogP contribution in [0.15, 0.2) is 16.9 Å². The van der Waals surface area contributed by atoms with E-state index < -0.39 is 24.1 Å². The lowest BCUT2D eigenvalue weighted by Gasteiger charge is -2.21. The molecule has 2 heterocycles. The first-order valence-electron chi connectivity index (χ1n) is 5.42. The molecule has 1 fully saturated rings. The normalized spacial score (nSPS) is 23.1. The fourth-order valence-corrected chi connectivity index (χ4v) is 1.87. The number of aliphatic carboxylic acids is 1. The van der Waals surface area contributed by atoms with E-state index in [9.17, 15) is 14.7 Å². The van der Waals surface area contributed by atoms with Crippen LogP contribution in [-0.4, -0.2) is 51.0 Å². The number of carboxylic acids is 1. The molecule has 3 N–H and O–H groups in total. The molecule has 0 aliphatic carbocycles. The molecule has 98 valence electrons. The van der Waals surface area contributed by atoms with Crippen LogP contribution in [0.25, 0.3) is 0 Å². The molecule has 1 aromatic rings. The lowest BCUT2D eigenvalue weighted by molar-refractivity contribution is -0.141. The number of amides is 2. The number of aliphatic hydroxyl groups excluding tert-OH is 1. The number of aromatic nitrogens is 1. The molecule has 8 nitrogen and oxygen atoms in total. The molecule has 8 heteroatoms. The van der Waals surface area contributed by atoms with E-state index in [0.29, 0.717) is 5.69 Å². The first kappa shape index (κ1) is 12.4. The molecule has 0 saturated carbocycles. The SMILES string of the molecule is O=C(O)[C@@H]1C[C@@H](O)CN1C(=O)NCc1ccon1. The van der Waals surface area contributed by atoms with Crippen molar-refractivity contribution in [1.29, 1.82) is 0 Å². The molecule has 0 aromatic carbocycles. The zero-order valence-electron chi connectivity index (χ0n) is 9.44. The minimum atomic E-state index is -1.12. The van der Waals surface area contributed by atoms with Gasteiger partial charge < -0.3 is 25.0 Å². The number of carboxylic acid groups (broad SMARTS) is 1. The highest BCUT2D eigenvalue weighted by atomic mass is 16.5. The number of urea groups is 1. The maximum absolute atomic E-state index is 11.8. The van der Waals surface area contributed by atoms with Crippen molar-refractivity contribution in [1.82, 2.24) is 15.4 Å². The van der Waals surface area contributed by atoms with Gasteiger partial charge in [0.2, 0.25) is 0 Å². The minimum absolute atomic E-state index is 0.0155. The van der Waals surface area contributed by atoms with Crippen LogP contribution in [0.2, 0.25) is 0 Å². The Labute approximate surface area is 102 Å². The highest BCUT2D eigenvalue weighted by Gasteiger charge is 2.38. The first-order valence-corrected chi connectivity index (χ1v) is 5.42. The van der Waals surface area contributed by atoms with E-state index in [4.69, 9.17) is 5.11 Å². The third-order valence-electron chi connectivity index (χ3n) is 2.74. The van der Waals surface area contributed by atoms with Crippen molar-refractivity contribution < 1.29 is 24.3 Å². The summed E-state index contributed by atoms with van der Waals surface area (Å²) < 4.78 is 4.60. The summed E-state index contributed by atoms with van der Waals surface area (Å²) in [5.41, 5.74) is 0.537. The Morgan fingerprint density at radius 1 is 1.61 bits per heavy atom. The second kappa shape index (κ2) is 5.05. The van der Waals surface area contributed by atoms with Gasteiger partial charge in [0.25, 0.3) is 0 Å². The number of nitrogens with one attached hydrogen (secondary N) is 1. The van der Waals surface area contributed by atoms with Gasteiger partial charge in [-0.25, -0.2) is 9.59 Å². The summed E-state index contributed by atoms with van der Waals surface area (Å²) in [4.78, 5) is 23.8. The quantitative estimate of drug-likeness (QED) is 0.664. The van der Waals surface area contributed by atoms with E-state index in [1.54, 1.807) is 6.07 Å². The first-order chi connectivity index (χ1) is 8.58. The van der Waals surface area contributed by atoms with Crippen LogP contribution >= 0.6 is 0 Å². The Morgan fingerprint density at radius 2 is 2.39 bits per heavy atom. The second-order valence-electron chi connectivity index (χ2n) is 4.05. The number of β-amino-alcohol motifs (C(OH)–C–C–N with tert-alkyl or cyclic N) is 1. The number of aliphatic hydroxyl groups is 1. The average Bonchev–Trinajstić information content (AvgIpc) is 2.94. The molecule has 0 spiro atoms. The molecule has 1 aromatic heterocycles. The van der Waals surface area contributed by atoms with Gasteiger partial charge in [0.05, 0.1) is 12.6 Å². The lowest BCUT2D eigenvalue weighted by atomic mass is 10.2. The molecular weight excluding hydrogens is 242 g/mol. The van der Waals surface area contributed by atoms with Gasteiger partial charge in [0, 0.05) is 19.0 Å². The van der Waals surface area contributed by atoms with Crippen molar-refractivity contribution in [3.8, 4) is 0 Å². The van der Waals surface area contributed by atoms with Crippen molar-refractivity contribution >= 4 is 12.0 Å². The molecule has 1 aliphatic rings. The van der Waals surface area contributed by atoms with Crippen molar-refractivity contribution in [3.05, 3.63) is 18.0 Å². The summed E-state index contributed by atoms with van der Waals surface area (Å²) in [6, 6.07) is 0.0626. The zero-order valence-corrected chi connectivity index (χ0v) is 9.44. The standard InChI is InChI=1S/C10H13N3O5/c14-7-3-8(9(15)16)13(5-7)10(17)11-4-6-1-2-18-12-6/h1-2,7-8,14H,3-5H2,(H,11,17)(H,15,16)/t7-,8+/m1/s1. The van der Waals surface area contributed by atoms with E-state index in [-0.39, 0.29) is 19.5 Å². The van der Waals surface area contributed by atoms with Gasteiger partial charge in [0.15, 0.2) is 0 Å². The molecule has 1 saturated heterocycles. The largest absolute Gasteiger partial charge is 0.480 e. The predicted octanol–water partition coefficient (Wildman–Crippen LogP) is -0.596. The molecule has 1 aliphatic heterocycles. The van der Waals surface area contributed by atoms with Crippen LogP contribution in [0.1, 0.15) is 12.1 Å². The fourth-order valence-electron chi connectivity index (χ4n) is 1.87. The Bertz CT molecular complexity index is 433. The van der Waals surface area contributed by atoms with Gasteiger partial charge >= 0.3 is 12.0 Å². The molecule has 2 amide bonds. The van der Waals surface area contributed by atoms with Crippen LogP contribution in [0.3, 0.4) is 0 Å². The second-order valence-corrected chi connectivity index (χ2v) is 4.05. The van der Waals surface area contributed by atoms with Crippen LogP contribution in [0.5, 0.6) is 0 Å². The molecule has 2 rings (SSSR count). The Hall–Kier alpha value is -2.09. The van der Waals surface area contributed by atoms with E-state index in [1.807, 2.05) is 0 Å². The van der Waals surface area contributed by atoms with E-state index in [2.05, 4.69) is 15.0 Å². The molecule has 2 atom stereocenters. The van der Waals surface area contributed by atoms with Crippen LogP contribution in [0.4, 0.5) is 4.79 Å². The van der Waals surface area contributed by atoms with Crippen molar-refractivity contribution in [2.24, 2.45) is 0 Å². The highest BCUT2D eigenvalue weighted by molar-refractivity contribution is 5.83. The van der Waals surface area contributed by atoms with Gasteiger partial charge in [-0.15, -0.1) is 0 Å². The number of hydrogen-bond donors (Lipinski definition) is 3. The predicted molar refractivity (Wildman–Crippen MR) is 57.5 cm³/mol. The molecule has 0 unspecified atom stereocenters. The van der Waals surface area contributed by atoms with Crippen LogP contribution in [-0.2, 0) is 11.3 Å².